The number of esters is 3. The topological polar surface area (TPSA) is 98.3 Å². The number of nitrogens with zero attached hydrogens (tertiary/aromatic N) is 6. The Kier molecular flexibility index (Phi) is 14.9. The van der Waals surface area contributed by atoms with Gasteiger partial charge in [-0.2, -0.15) is 0 Å². The predicted molar refractivity (Wildman–Crippen MR) is 162 cm³/mol. The summed E-state index contributed by atoms with van der Waals surface area (Å²) in [6.07, 6.45) is 1.26. The monoisotopic (exact) mass is 618 g/mol. The van der Waals surface area contributed by atoms with Gasteiger partial charge in [-0.15, -0.1) is 0 Å². The summed E-state index contributed by atoms with van der Waals surface area (Å²) in [5.74, 6) is -0.412. The van der Waals surface area contributed by atoms with Gasteiger partial charge in [0.05, 0.1) is 39.1 Å². The van der Waals surface area contributed by atoms with E-state index < -0.39 is 6.49 Å². The van der Waals surface area contributed by atoms with Crippen LogP contribution < -0.4 is 0 Å². The molecule has 14 heteroatoms. The van der Waals surface area contributed by atoms with Crippen molar-refractivity contribution >= 4 is 36.2 Å². The molecule has 41 heavy (non-hydrogen) atoms. The highest BCUT2D eigenvalue weighted by atomic mass is 32.4. The van der Waals surface area contributed by atoms with Crippen LogP contribution in [0.2, 0.25) is 0 Å². The Morgan fingerprint density at radius 3 is 0.976 bits per heavy atom. The van der Waals surface area contributed by atoms with E-state index in [0.717, 1.165) is 78.5 Å². The Morgan fingerprint density at radius 1 is 0.512 bits per heavy atom. The highest BCUT2D eigenvalue weighted by molar-refractivity contribution is 8.11. The van der Waals surface area contributed by atoms with Gasteiger partial charge in [-0.05, 0) is 32.6 Å². The van der Waals surface area contributed by atoms with Crippen LogP contribution in [-0.2, 0) is 40.4 Å². The van der Waals surface area contributed by atoms with Crippen molar-refractivity contribution in [2.45, 2.75) is 40.0 Å². The number of ether oxygens (including phenoxy) is 3. The third-order valence-electron chi connectivity index (χ3n) is 7.96. The molecular weight excluding hydrogens is 567 g/mol. The fraction of sp³-hybridized carbons (Fsp3) is 0.889. The minimum Gasteiger partial charge on any atom is -0.466 e. The van der Waals surface area contributed by atoms with E-state index in [1.165, 1.54) is 0 Å². The number of piperazine rings is 3. The Bertz CT molecular complexity index is 767. The van der Waals surface area contributed by atoms with Crippen molar-refractivity contribution in [2.24, 2.45) is 0 Å². The van der Waals surface area contributed by atoms with E-state index >= 15 is 0 Å². The van der Waals surface area contributed by atoms with E-state index in [9.17, 15) is 14.4 Å². The number of hydrogen-bond donors (Lipinski definition) is 0. The number of rotatable bonds is 15. The summed E-state index contributed by atoms with van der Waals surface area (Å²) in [4.78, 5) is 42.6. The molecule has 3 saturated heterocycles. The molecule has 12 nitrogen and oxygen atoms in total. The number of hydrogen-bond acceptors (Lipinski definition) is 10. The Morgan fingerprint density at radius 2 is 0.756 bits per heavy atom. The molecule has 0 N–H and O–H groups in total. The summed E-state index contributed by atoms with van der Waals surface area (Å²) < 4.78 is 23.0. The molecule has 0 aliphatic carbocycles. The molecule has 0 aromatic heterocycles. The second-order valence-corrected chi connectivity index (χ2v) is 14.8. The molecule has 0 bridgehead atoms. The lowest BCUT2D eigenvalue weighted by Crippen LogP contribution is -2.56. The maximum Gasteiger partial charge on any atom is 0.307 e. The van der Waals surface area contributed by atoms with Crippen LogP contribution in [0.3, 0.4) is 0 Å². The number of carbonyl (C=O) groups excluding carboxylic acids is 3. The van der Waals surface area contributed by atoms with Crippen molar-refractivity contribution in [1.82, 2.24) is 28.7 Å². The Labute approximate surface area is 251 Å². The highest BCUT2D eigenvalue weighted by Gasteiger charge is 2.42. The van der Waals surface area contributed by atoms with E-state index in [4.69, 9.17) is 26.0 Å². The van der Waals surface area contributed by atoms with Crippen molar-refractivity contribution in [1.29, 1.82) is 0 Å². The highest BCUT2D eigenvalue weighted by Crippen LogP contribution is 2.57. The second-order valence-electron chi connectivity index (χ2n) is 10.6. The molecule has 0 radical (unpaired) electrons. The standard InChI is InChI=1S/C27H51N6O6PS/c1-4-37-25(34)7-10-28-13-19-31(20-14-28)40(41,32-21-15-29(16-22-32)11-8-26(35)38-5-2)33-23-17-30(18-24-33)12-9-27(36)39-6-3/h4-24H2,1-3H3. The summed E-state index contributed by atoms with van der Waals surface area (Å²) in [6.45, 7) is 17.3. The lowest BCUT2D eigenvalue weighted by atomic mass is 10.3. The molecular formula is C27H51N6O6PS. The molecule has 0 atom stereocenters. The summed E-state index contributed by atoms with van der Waals surface area (Å²) in [6, 6.07) is 0. The zero-order valence-corrected chi connectivity index (χ0v) is 27.0. The van der Waals surface area contributed by atoms with Crippen molar-refractivity contribution in [3.8, 4) is 0 Å². The van der Waals surface area contributed by atoms with Crippen molar-refractivity contribution < 1.29 is 28.6 Å². The second kappa shape index (κ2) is 17.8. The lowest BCUT2D eigenvalue weighted by molar-refractivity contribution is -0.144. The zero-order valence-electron chi connectivity index (χ0n) is 25.3. The molecule has 0 saturated carbocycles. The normalized spacial score (nSPS) is 21.0. The smallest absolute Gasteiger partial charge is 0.307 e. The maximum absolute atomic E-state index is 11.9. The van der Waals surface area contributed by atoms with Crippen LogP contribution in [0.5, 0.6) is 0 Å². The molecule has 236 valence electrons. The van der Waals surface area contributed by atoms with Gasteiger partial charge in [0.15, 0.2) is 0 Å². The minimum absolute atomic E-state index is 0.137. The predicted octanol–water partition coefficient (Wildman–Crippen LogP) is 0.923. The van der Waals surface area contributed by atoms with Crippen LogP contribution in [0.25, 0.3) is 0 Å². The lowest BCUT2D eigenvalue weighted by Gasteiger charge is -2.54. The average Bonchev–Trinajstić information content (AvgIpc) is 2.99. The number of carbonyl (C=O) groups is 3. The van der Waals surface area contributed by atoms with Crippen molar-refractivity contribution in [3.63, 3.8) is 0 Å². The molecule has 3 heterocycles. The molecule has 0 unspecified atom stereocenters. The van der Waals surface area contributed by atoms with Crippen LogP contribution in [0.1, 0.15) is 40.0 Å². The third-order valence-corrected chi connectivity index (χ3v) is 13.5. The average molecular weight is 619 g/mol. The van der Waals surface area contributed by atoms with E-state index in [1.54, 1.807) is 0 Å². The first kappa shape index (κ1) is 34.3. The molecule has 0 spiro atoms. The quantitative estimate of drug-likeness (QED) is 0.148. The third kappa shape index (κ3) is 10.5. The molecule has 3 aliphatic heterocycles. The van der Waals surface area contributed by atoms with E-state index in [2.05, 4.69) is 28.7 Å². The summed E-state index contributed by atoms with van der Waals surface area (Å²) >= 11 is 6.71. The molecule has 0 amide bonds. The summed E-state index contributed by atoms with van der Waals surface area (Å²) in [5.41, 5.74) is 0. The fourth-order valence-electron chi connectivity index (χ4n) is 5.65. The van der Waals surface area contributed by atoms with Gasteiger partial charge in [0, 0.05) is 98.2 Å². The minimum atomic E-state index is -2.19. The van der Waals surface area contributed by atoms with Gasteiger partial charge in [-0.3, -0.25) is 14.4 Å². The van der Waals surface area contributed by atoms with Crippen LogP contribution in [0.4, 0.5) is 0 Å². The first-order valence-electron chi connectivity index (χ1n) is 15.3. The molecule has 0 aromatic carbocycles. The van der Waals surface area contributed by atoms with E-state index in [0.29, 0.717) is 58.7 Å². The van der Waals surface area contributed by atoms with Crippen LogP contribution in [-0.4, -0.2) is 165 Å². The summed E-state index contributed by atoms with van der Waals surface area (Å²) in [5, 5.41) is 0. The fourth-order valence-corrected chi connectivity index (χ4v) is 10.3. The van der Waals surface area contributed by atoms with Crippen LogP contribution in [0.15, 0.2) is 0 Å². The molecule has 0 aromatic rings. The van der Waals surface area contributed by atoms with Gasteiger partial charge in [0.2, 0.25) is 0 Å². The Hall–Kier alpha value is -1.18. The molecule has 3 rings (SSSR count). The van der Waals surface area contributed by atoms with E-state index in [-0.39, 0.29) is 17.9 Å². The van der Waals surface area contributed by atoms with Crippen LogP contribution >= 0.6 is 6.49 Å². The van der Waals surface area contributed by atoms with Gasteiger partial charge < -0.3 is 28.9 Å². The largest absolute Gasteiger partial charge is 0.466 e. The summed E-state index contributed by atoms with van der Waals surface area (Å²) in [7, 11) is 0. The maximum atomic E-state index is 11.9. The SMILES string of the molecule is CCOC(=O)CCN1CCN(P(=S)(N2CCN(CCC(=O)OCC)CC2)N2CCN(CCC(=O)OCC)CC2)CC1. The first-order chi connectivity index (χ1) is 19.8. The van der Waals surface area contributed by atoms with Crippen molar-refractivity contribution in [2.75, 3.05) is 118 Å². The van der Waals surface area contributed by atoms with Gasteiger partial charge >= 0.3 is 17.9 Å². The van der Waals surface area contributed by atoms with Crippen LogP contribution in [0, 0.1) is 0 Å². The molecule has 3 aliphatic rings. The van der Waals surface area contributed by atoms with Gasteiger partial charge in [0.1, 0.15) is 6.49 Å². The van der Waals surface area contributed by atoms with Gasteiger partial charge in [-0.25, -0.2) is 14.0 Å². The van der Waals surface area contributed by atoms with Crippen molar-refractivity contribution in [3.05, 3.63) is 0 Å². The van der Waals surface area contributed by atoms with Gasteiger partial charge in [-0.1, -0.05) is 0 Å². The first-order valence-corrected chi connectivity index (χ1v) is 18.0. The van der Waals surface area contributed by atoms with E-state index in [1.807, 2.05) is 20.8 Å². The van der Waals surface area contributed by atoms with Gasteiger partial charge in [0.25, 0.3) is 0 Å². The Balaban J connectivity index is 1.60. The molecule has 3 fully saturated rings. The zero-order chi connectivity index (χ0) is 29.7.